The summed E-state index contributed by atoms with van der Waals surface area (Å²) >= 11 is 0. The lowest BCUT2D eigenvalue weighted by Crippen LogP contribution is -2.19. The zero-order valence-electron chi connectivity index (χ0n) is 11.9. The maximum Gasteiger partial charge on any atom is 0.203 e. The smallest absolute Gasteiger partial charge is 0.203 e. The summed E-state index contributed by atoms with van der Waals surface area (Å²) in [5, 5.41) is 3.50. The molecule has 17 heavy (non-hydrogen) atoms. The number of nitrogens with zero attached hydrogens (tertiary/aromatic N) is 2. The first-order valence-corrected chi connectivity index (χ1v) is 6.80. The van der Waals surface area contributed by atoms with Crippen molar-refractivity contribution in [2.45, 2.75) is 66.0 Å². The van der Waals surface area contributed by atoms with E-state index in [1.165, 1.54) is 19.3 Å². The Labute approximate surface area is 106 Å². The summed E-state index contributed by atoms with van der Waals surface area (Å²) in [6.07, 6.45) is 7.71. The molecule has 0 bridgehead atoms. The minimum Gasteiger partial charge on any atom is -0.353 e. The predicted octanol–water partition coefficient (Wildman–Crippen LogP) is 4.09. The number of nitrogens with one attached hydrogen (secondary N) is 1. The quantitative estimate of drug-likeness (QED) is 0.774. The molecular formula is C14H27N3. The zero-order chi connectivity index (χ0) is 12.8. The van der Waals surface area contributed by atoms with Crippen molar-refractivity contribution in [3.63, 3.8) is 0 Å². The van der Waals surface area contributed by atoms with E-state index in [4.69, 9.17) is 0 Å². The van der Waals surface area contributed by atoms with E-state index in [1.54, 1.807) is 0 Å². The summed E-state index contributed by atoms with van der Waals surface area (Å²) in [6.45, 7) is 11.2. The normalized spacial score (nSPS) is 13.4. The first kappa shape index (κ1) is 14.1. The van der Waals surface area contributed by atoms with Crippen LogP contribution in [0.5, 0.6) is 0 Å². The van der Waals surface area contributed by atoms with Crippen molar-refractivity contribution in [1.82, 2.24) is 9.55 Å². The van der Waals surface area contributed by atoms with Crippen molar-refractivity contribution in [2.24, 2.45) is 5.92 Å². The van der Waals surface area contributed by atoms with Crippen molar-refractivity contribution in [2.75, 3.05) is 5.32 Å². The molecule has 0 saturated heterocycles. The molecule has 1 atom stereocenters. The van der Waals surface area contributed by atoms with Crippen LogP contribution < -0.4 is 5.32 Å². The molecule has 0 fully saturated rings. The molecule has 0 radical (unpaired) electrons. The highest BCUT2D eigenvalue weighted by molar-refractivity contribution is 5.27. The standard InChI is InChI=1S/C14H27N3/c1-11(2)7-6-8-13(5)16-14-15-9-10-17(14)12(3)4/h9-13H,6-8H2,1-5H3,(H,15,16). The first-order chi connectivity index (χ1) is 8.00. The highest BCUT2D eigenvalue weighted by Gasteiger charge is 2.09. The van der Waals surface area contributed by atoms with Gasteiger partial charge in [0.05, 0.1) is 0 Å². The lowest BCUT2D eigenvalue weighted by Gasteiger charge is -2.18. The van der Waals surface area contributed by atoms with Gasteiger partial charge in [0.1, 0.15) is 0 Å². The molecule has 0 aliphatic carbocycles. The molecule has 3 nitrogen and oxygen atoms in total. The molecule has 1 unspecified atom stereocenters. The molecule has 0 saturated carbocycles. The molecule has 3 heteroatoms. The van der Waals surface area contributed by atoms with Crippen LogP contribution in [0.3, 0.4) is 0 Å². The van der Waals surface area contributed by atoms with Crippen molar-refractivity contribution in [3.8, 4) is 0 Å². The Bertz CT molecular complexity index is 315. The average Bonchev–Trinajstić information content (AvgIpc) is 2.65. The van der Waals surface area contributed by atoms with Crippen LogP contribution >= 0.6 is 0 Å². The number of rotatable bonds is 7. The van der Waals surface area contributed by atoms with E-state index in [0.717, 1.165) is 11.9 Å². The van der Waals surface area contributed by atoms with Crippen LogP contribution in [-0.2, 0) is 0 Å². The maximum absolute atomic E-state index is 4.37. The van der Waals surface area contributed by atoms with Crippen molar-refractivity contribution >= 4 is 5.95 Å². The minimum absolute atomic E-state index is 0.461. The van der Waals surface area contributed by atoms with Crippen LogP contribution in [0.4, 0.5) is 5.95 Å². The second kappa shape index (κ2) is 6.67. The van der Waals surface area contributed by atoms with Gasteiger partial charge < -0.3 is 9.88 Å². The second-order valence-electron chi connectivity index (χ2n) is 5.62. The summed E-state index contributed by atoms with van der Waals surface area (Å²) in [6, 6.07) is 0.955. The van der Waals surface area contributed by atoms with Gasteiger partial charge in [0.2, 0.25) is 5.95 Å². The molecule has 0 aliphatic rings. The van der Waals surface area contributed by atoms with Gasteiger partial charge in [0.15, 0.2) is 0 Å². The molecule has 1 aromatic heterocycles. The summed E-state index contributed by atoms with van der Waals surface area (Å²) in [7, 11) is 0. The number of anilines is 1. The number of hydrogen-bond acceptors (Lipinski definition) is 2. The van der Waals surface area contributed by atoms with Gasteiger partial charge in [-0.15, -0.1) is 0 Å². The van der Waals surface area contributed by atoms with E-state index in [-0.39, 0.29) is 0 Å². The van der Waals surface area contributed by atoms with E-state index in [2.05, 4.69) is 49.5 Å². The van der Waals surface area contributed by atoms with Crippen LogP contribution in [0.2, 0.25) is 0 Å². The summed E-state index contributed by atoms with van der Waals surface area (Å²) in [5.74, 6) is 1.80. The highest BCUT2D eigenvalue weighted by Crippen LogP contribution is 2.15. The van der Waals surface area contributed by atoms with Gasteiger partial charge in [-0.2, -0.15) is 0 Å². The fourth-order valence-electron chi connectivity index (χ4n) is 1.97. The second-order valence-corrected chi connectivity index (χ2v) is 5.62. The van der Waals surface area contributed by atoms with Gasteiger partial charge in [-0.05, 0) is 33.1 Å². The Balaban J connectivity index is 2.39. The van der Waals surface area contributed by atoms with E-state index in [0.29, 0.717) is 12.1 Å². The van der Waals surface area contributed by atoms with Crippen molar-refractivity contribution in [3.05, 3.63) is 12.4 Å². The SMILES string of the molecule is CC(C)CCCC(C)Nc1nccn1C(C)C. The maximum atomic E-state index is 4.37. The molecule has 0 aliphatic heterocycles. The highest BCUT2D eigenvalue weighted by atomic mass is 15.2. The lowest BCUT2D eigenvalue weighted by atomic mass is 10.0. The van der Waals surface area contributed by atoms with E-state index >= 15 is 0 Å². The van der Waals surface area contributed by atoms with E-state index in [1.807, 2.05) is 12.4 Å². The van der Waals surface area contributed by atoms with Gasteiger partial charge in [-0.3, -0.25) is 0 Å². The first-order valence-electron chi connectivity index (χ1n) is 6.80. The third-order valence-electron chi connectivity index (χ3n) is 3.02. The molecule has 1 rings (SSSR count). The topological polar surface area (TPSA) is 29.9 Å². The Morgan fingerprint density at radius 1 is 1.18 bits per heavy atom. The third kappa shape index (κ3) is 4.80. The molecule has 1 heterocycles. The van der Waals surface area contributed by atoms with Crippen LogP contribution in [-0.4, -0.2) is 15.6 Å². The number of imidazole rings is 1. The summed E-state index contributed by atoms with van der Waals surface area (Å²) in [5.41, 5.74) is 0. The summed E-state index contributed by atoms with van der Waals surface area (Å²) in [4.78, 5) is 4.37. The molecule has 1 N–H and O–H groups in total. The van der Waals surface area contributed by atoms with Crippen LogP contribution in [0.25, 0.3) is 0 Å². The largest absolute Gasteiger partial charge is 0.353 e. The molecule has 0 spiro atoms. The lowest BCUT2D eigenvalue weighted by molar-refractivity contribution is 0.516. The van der Waals surface area contributed by atoms with E-state index in [9.17, 15) is 0 Å². The molecule has 98 valence electrons. The predicted molar refractivity (Wildman–Crippen MR) is 74.4 cm³/mol. The van der Waals surface area contributed by atoms with E-state index < -0.39 is 0 Å². The zero-order valence-corrected chi connectivity index (χ0v) is 11.9. The van der Waals surface area contributed by atoms with Crippen molar-refractivity contribution in [1.29, 1.82) is 0 Å². The Morgan fingerprint density at radius 3 is 2.47 bits per heavy atom. The molecular weight excluding hydrogens is 210 g/mol. The van der Waals surface area contributed by atoms with Crippen molar-refractivity contribution < 1.29 is 0 Å². The average molecular weight is 237 g/mol. The fourth-order valence-corrected chi connectivity index (χ4v) is 1.97. The minimum atomic E-state index is 0.461. The summed E-state index contributed by atoms with van der Waals surface area (Å²) < 4.78 is 2.18. The Kier molecular flexibility index (Phi) is 5.52. The van der Waals surface area contributed by atoms with Gasteiger partial charge >= 0.3 is 0 Å². The van der Waals surface area contributed by atoms with Crippen LogP contribution in [0.15, 0.2) is 12.4 Å². The third-order valence-corrected chi connectivity index (χ3v) is 3.02. The Hall–Kier alpha value is -0.990. The monoisotopic (exact) mass is 237 g/mol. The van der Waals surface area contributed by atoms with Crippen LogP contribution in [0.1, 0.15) is 59.9 Å². The van der Waals surface area contributed by atoms with Gasteiger partial charge in [0, 0.05) is 24.5 Å². The molecule has 0 aromatic carbocycles. The number of hydrogen-bond donors (Lipinski definition) is 1. The molecule has 1 aromatic rings. The van der Waals surface area contributed by atoms with Gasteiger partial charge in [-0.25, -0.2) is 4.98 Å². The van der Waals surface area contributed by atoms with Gasteiger partial charge in [-0.1, -0.05) is 26.7 Å². The number of aromatic nitrogens is 2. The van der Waals surface area contributed by atoms with Crippen LogP contribution in [0, 0.1) is 5.92 Å². The van der Waals surface area contributed by atoms with Gasteiger partial charge in [0.25, 0.3) is 0 Å². The Morgan fingerprint density at radius 2 is 1.88 bits per heavy atom. The molecule has 0 amide bonds. The fraction of sp³-hybridized carbons (Fsp3) is 0.786.